The average Bonchev–Trinajstić information content (AvgIpc) is 2.78. The molecule has 2 aromatic rings. The number of benzene rings is 1. The van der Waals surface area contributed by atoms with Crippen LogP contribution in [0.3, 0.4) is 0 Å². The smallest absolute Gasteiger partial charge is 0.347 e. The van der Waals surface area contributed by atoms with Gasteiger partial charge in [-0.15, -0.1) is 0 Å². The fourth-order valence-corrected chi connectivity index (χ4v) is 3.01. The molecule has 1 aromatic carbocycles. The molecule has 116 valence electrons. The number of carboxylic acids is 1. The fraction of sp³-hybridized carbons (Fsp3) is 0.357. The fourth-order valence-electron chi connectivity index (χ4n) is 2.68. The molecule has 0 aliphatic carbocycles. The maximum Gasteiger partial charge on any atom is 0.347 e. The van der Waals surface area contributed by atoms with Crippen molar-refractivity contribution in [2.75, 3.05) is 0 Å². The summed E-state index contributed by atoms with van der Waals surface area (Å²) in [4.78, 5) is 23.6. The summed E-state index contributed by atoms with van der Waals surface area (Å²) in [6.07, 6.45) is 1.62. The molecule has 1 aliphatic heterocycles. The molecule has 0 amide bonds. The Hall–Kier alpha value is -1.96. The number of carbonyl (C=O) groups is 1. The van der Waals surface area contributed by atoms with Crippen LogP contribution in [0.4, 0.5) is 4.39 Å². The third kappa shape index (κ3) is 2.58. The Morgan fingerprint density at radius 3 is 2.95 bits per heavy atom. The maximum absolute atomic E-state index is 13.9. The topological polar surface area (TPSA) is 77.1 Å². The Morgan fingerprint density at radius 2 is 2.27 bits per heavy atom. The predicted octanol–water partition coefficient (Wildman–Crippen LogP) is 1.96. The third-order valence-corrected chi connectivity index (χ3v) is 4.24. The zero-order chi connectivity index (χ0) is 15.9. The van der Waals surface area contributed by atoms with Gasteiger partial charge < -0.3 is 5.11 Å². The molecule has 3 rings (SSSR count). The predicted molar refractivity (Wildman–Crippen MR) is 79.3 cm³/mol. The molecule has 1 aromatic heterocycles. The summed E-state index contributed by atoms with van der Waals surface area (Å²) in [5.74, 6) is -1.04. The van der Waals surface area contributed by atoms with E-state index in [0.717, 1.165) is 4.68 Å². The lowest BCUT2D eigenvalue weighted by molar-refractivity contribution is -0.141. The highest BCUT2D eigenvalue weighted by Gasteiger charge is 2.30. The number of nitrogens with zero attached hydrogens (tertiary/aromatic N) is 3. The van der Waals surface area contributed by atoms with Gasteiger partial charge in [-0.2, -0.15) is 5.10 Å². The van der Waals surface area contributed by atoms with Crippen LogP contribution in [0.2, 0.25) is 0 Å². The van der Waals surface area contributed by atoms with Gasteiger partial charge in [0.1, 0.15) is 17.7 Å². The minimum absolute atomic E-state index is 0.0235. The number of fused-ring (bicyclic) bond motifs is 1. The molecule has 0 spiro atoms. The van der Waals surface area contributed by atoms with Crippen LogP contribution in [0, 0.1) is 5.82 Å². The van der Waals surface area contributed by atoms with E-state index in [1.807, 2.05) is 0 Å². The lowest BCUT2D eigenvalue weighted by Gasteiger charge is -2.19. The first-order valence-electron chi connectivity index (χ1n) is 6.82. The second-order valence-corrected chi connectivity index (χ2v) is 6.12. The lowest BCUT2D eigenvalue weighted by Crippen LogP contribution is -2.34. The number of aliphatic carboxylic acids is 1. The van der Waals surface area contributed by atoms with Crippen molar-refractivity contribution in [3.8, 4) is 0 Å². The average molecular weight is 370 g/mol. The summed E-state index contributed by atoms with van der Waals surface area (Å²) >= 11 is 3.17. The van der Waals surface area contributed by atoms with Crippen molar-refractivity contribution < 1.29 is 14.3 Å². The zero-order valence-electron chi connectivity index (χ0n) is 11.5. The van der Waals surface area contributed by atoms with Crippen LogP contribution in [0.15, 0.2) is 27.5 Å². The van der Waals surface area contributed by atoms with E-state index in [1.165, 1.54) is 10.6 Å². The first-order chi connectivity index (χ1) is 10.5. The molecular formula is C14H13BrFN3O3. The third-order valence-electron chi connectivity index (χ3n) is 3.75. The number of rotatable bonds is 3. The van der Waals surface area contributed by atoms with Crippen molar-refractivity contribution in [1.29, 1.82) is 0 Å². The van der Waals surface area contributed by atoms with Crippen molar-refractivity contribution in [1.82, 2.24) is 14.3 Å². The van der Waals surface area contributed by atoms with E-state index in [4.69, 9.17) is 0 Å². The molecule has 0 saturated carbocycles. The first kappa shape index (κ1) is 15.0. The summed E-state index contributed by atoms with van der Waals surface area (Å²) in [6.45, 7) is -0.0235. The van der Waals surface area contributed by atoms with Crippen LogP contribution in [-0.4, -0.2) is 25.4 Å². The van der Waals surface area contributed by atoms with Gasteiger partial charge in [-0.3, -0.25) is 4.57 Å². The summed E-state index contributed by atoms with van der Waals surface area (Å²) < 4.78 is 16.8. The van der Waals surface area contributed by atoms with Crippen molar-refractivity contribution in [3.05, 3.63) is 50.4 Å². The summed E-state index contributed by atoms with van der Waals surface area (Å²) in [7, 11) is 0. The number of hydrogen-bond donors (Lipinski definition) is 1. The Labute approximate surface area is 133 Å². The summed E-state index contributed by atoms with van der Waals surface area (Å²) in [6, 6.07) is 3.68. The monoisotopic (exact) mass is 369 g/mol. The highest BCUT2D eigenvalue weighted by molar-refractivity contribution is 9.10. The minimum Gasteiger partial charge on any atom is -0.480 e. The molecule has 1 aliphatic rings. The molecule has 6 nitrogen and oxygen atoms in total. The standard InChI is InChI=1S/C14H13BrFN3O3/c15-9-5-4-8(10(16)6-9)7-18-14(22)19-11(13(20)21)2-1-3-12(19)17-18/h4-6,11H,1-3,7H2,(H,20,21)/t11-/m0/s1. The number of hydrogen-bond acceptors (Lipinski definition) is 3. The molecule has 0 unspecified atom stereocenters. The van der Waals surface area contributed by atoms with E-state index in [2.05, 4.69) is 21.0 Å². The quantitative estimate of drug-likeness (QED) is 0.896. The van der Waals surface area contributed by atoms with Gasteiger partial charge >= 0.3 is 11.7 Å². The number of halogens is 2. The molecule has 0 saturated heterocycles. The van der Waals surface area contributed by atoms with E-state index < -0.39 is 23.5 Å². The van der Waals surface area contributed by atoms with Gasteiger partial charge in [0, 0.05) is 16.5 Å². The van der Waals surface area contributed by atoms with Gasteiger partial charge in [0.25, 0.3) is 0 Å². The van der Waals surface area contributed by atoms with Crippen LogP contribution in [-0.2, 0) is 17.8 Å². The van der Waals surface area contributed by atoms with E-state index in [1.54, 1.807) is 12.1 Å². The van der Waals surface area contributed by atoms with Gasteiger partial charge in [0.15, 0.2) is 0 Å². The minimum atomic E-state index is -1.04. The zero-order valence-corrected chi connectivity index (χ0v) is 13.1. The molecule has 1 N–H and O–H groups in total. The van der Waals surface area contributed by atoms with Crippen molar-refractivity contribution in [2.24, 2.45) is 0 Å². The first-order valence-corrected chi connectivity index (χ1v) is 7.61. The highest BCUT2D eigenvalue weighted by Crippen LogP contribution is 2.22. The molecule has 0 bridgehead atoms. The van der Waals surface area contributed by atoms with Crippen LogP contribution < -0.4 is 5.69 Å². The largest absolute Gasteiger partial charge is 0.480 e. The number of aromatic nitrogens is 3. The van der Waals surface area contributed by atoms with Crippen LogP contribution in [0.25, 0.3) is 0 Å². The van der Waals surface area contributed by atoms with Crippen LogP contribution >= 0.6 is 15.9 Å². The normalized spacial score (nSPS) is 17.3. The van der Waals surface area contributed by atoms with Gasteiger partial charge in [-0.25, -0.2) is 18.7 Å². The molecule has 8 heteroatoms. The van der Waals surface area contributed by atoms with E-state index in [0.29, 0.717) is 35.1 Å². The second-order valence-electron chi connectivity index (χ2n) is 5.21. The molecular weight excluding hydrogens is 357 g/mol. The lowest BCUT2D eigenvalue weighted by atomic mass is 10.1. The van der Waals surface area contributed by atoms with E-state index >= 15 is 0 Å². The number of aryl methyl sites for hydroxylation is 1. The van der Waals surface area contributed by atoms with Gasteiger partial charge in [0.2, 0.25) is 0 Å². The highest BCUT2D eigenvalue weighted by atomic mass is 79.9. The molecule has 1 atom stereocenters. The molecule has 2 heterocycles. The Morgan fingerprint density at radius 1 is 1.50 bits per heavy atom. The second kappa shape index (κ2) is 5.68. The number of carboxylic acid groups (broad SMARTS) is 1. The van der Waals surface area contributed by atoms with Crippen molar-refractivity contribution in [3.63, 3.8) is 0 Å². The van der Waals surface area contributed by atoms with Gasteiger partial charge in [-0.05, 0) is 25.0 Å². The summed E-state index contributed by atoms with van der Waals surface area (Å²) in [5, 5.41) is 13.4. The molecule has 0 fully saturated rings. The van der Waals surface area contributed by atoms with E-state index in [-0.39, 0.29) is 6.54 Å². The Kier molecular flexibility index (Phi) is 3.86. The summed E-state index contributed by atoms with van der Waals surface area (Å²) in [5.41, 5.74) is -0.183. The molecule has 0 radical (unpaired) electrons. The molecule has 22 heavy (non-hydrogen) atoms. The van der Waals surface area contributed by atoms with Crippen LogP contribution in [0.1, 0.15) is 30.3 Å². The van der Waals surface area contributed by atoms with Crippen LogP contribution in [0.5, 0.6) is 0 Å². The SMILES string of the molecule is O=C(O)[C@@H]1CCCc2nn(Cc3ccc(Br)cc3F)c(=O)n21. The van der Waals surface area contributed by atoms with Gasteiger partial charge in [-0.1, -0.05) is 22.0 Å². The Balaban J connectivity index is 2.00. The Bertz CT molecular complexity index is 799. The van der Waals surface area contributed by atoms with E-state index in [9.17, 15) is 19.1 Å². The van der Waals surface area contributed by atoms with Gasteiger partial charge in [0.05, 0.1) is 6.54 Å². The van der Waals surface area contributed by atoms with Crippen molar-refractivity contribution >= 4 is 21.9 Å². The van der Waals surface area contributed by atoms with Crippen molar-refractivity contribution in [2.45, 2.75) is 31.8 Å². The maximum atomic E-state index is 13.9.